The van der Waals surface area contributed by atoms with Crippen molar-refractivity contribution in [2.75, 3.05) is 6.54 Å². The van der Waals surface area contributed by atoms with E-state index < -0.39 is 0 Å². The van der Waals surface area contributed by atoms with Gasteiger partial charge in [-0.2, -0.15) is 5.10 Å². The van der Waals surface area contributed by atoms with E-state index in [1.165, 1.54) is 24.8 Å². The first-order chi connectivity index (χ1) is 13.3. The lowest BCUT2D eigenvalue weighted by molar-refractivity contribution is 0.0932. The van der Waals surface area contributed by atoms with Crippen molar-refractivity contribution in [2.24, 2.45) is 5.92 Å². The first kappa shape index (κ1) is 17.3. The van der Waals surface area contributed by atoms with Gasteiger partial charge in [0.1, 0.15) is 11.4 Å². The third-order valence-corrected chi connectivity index (χ3v) is 4.97. The largest absolute Gasteiger partial charge is 0.471 e. The van der Waals surface area contributed by atoms with E-state index in [9.17, 15) is 4.79 Å². The Morgan fingerprint density at radius 2 is 1.78 bits per heavy atom. The molecule has 0 radical (unpaired) electrons. The SMILES string of the molecule is O=C(NCC1CCC1)c1ccn(COc2ccc(-c3ccccc3)cc2)n1. The van der Waals surface area contributed by atoms with Crippen LogP contribution in [0, 0.1) is 5.92 Å². The molecule has 1 saturated carbocycles. The van der Waals surface area contributed by atoms with E-state index in [1.54, 1.807) is 16.9 Å². The monoisotopic (exact) mass is 361 g/mol. The van der Waals surface area contributed by atoms with E-state index in [0.717, 1.165) is 17.9 Å². The van der Waals surface area contributed by atoms with Crippen molar-refractivity contribution < 1.29 is 9.53 Å². The minimum absolute atomic E-state index is 0.118. The lowest BCUT2D eigenvalue weighted by Crippen LogP contribution is -2.32. The highest BCUT2D eigenvalue weighted by Gasteiger charge is 2.19. The fraction of sp³-hybridized carbons (Fsp3) is 0.273. The first-order valence-electron chi connectivity index (χ1n) is 9.38. The molecule has 0 aliphatic heterocycles. The van der Waals surface area contributed by atoms with Crippen molar-refractivity contribution in [2.45, 2.75) is 26.0 Å². The maximum atomic E-state index is 12.1. The van der Waals surface area contributed by atoms with Gasteiger partial charge < -0.3 is 10.1 Å². The van der Waals surface area contributed by atoms with E-state index in [0.29, 0.717) is 11.6 Å². The summed E-state index contributed by atoms with van der Waals surface area (Å²) < 4.78 is 7.40. The number of amides is 1. The first-order valence-corrected chi connectivity index (χ1v) is 9.38. The molecule has 1 heterocycles. The lowest BCUT2D eigenvalue weighted by Gasteiger charge is -2.25. The molecule has 1 amide bonds. The average Bonchev–Trinajstić information content (AvgIpc) is 3.15. The fourth-order valence-corrected chi connectivity index (χ4v) is 3.09. The van der Waals surface area contributed by atoms with Crippen LogP contribution in [0.25, 0.3) is 11.1 Å². The molecular weight excluding hydrogens is 338 g/mol. The molecule has 1 aromatic heterocycles. The van der Waals surface area contributed by atoms with Crippen molar-refractivity contribution in [3.8, 4) is 16.9 Å². The summed E-state index contributed by atoms with van der Waals surface area (Å²) in [5.41, 5.74) is 2.75. The third-order valence-electron chi connectivity index (χ3n) is 4.97. The summed E-state index contributed by atoms with van der Waals surface area (Å²) in [6, 6.07) is 19.9. The molecule has 138 valence electrons. The highest BCUT2D eigenvalue weighted by molar-refractivity contribution is 5.92. The summed E-state index contributed by atoms with van der Waals surface area (Å²) in [7, 11) is 0. The van der Waals surface area contributed by atoms with Crippen molar-refractivity contribution in [1.82, 2.24) is 15.1 Å². The lowest BCUT2D eigenvalue weighted by atomic mass is 9.85. The highest BCUT2D eigenvalue weighted by Crippen LogP contribution is 2.25. The molecular formula is C22H23N3O2. The predicted octanol–water partition coefficient (Wildman–Crippen LogP) is 4.12. The van der Waals surface area contributed by atoms with Crippen molar-refractivity contribution in [1.29, 1.82) is 0 Å². The van der Waals surface area contributed by atoms with Crippen LogP contribution in [0.3, 0.4) is 0 Å². The van der Waals surface area contributed by atoms with E-state index in [-0.39, 0.29) is 12.6 Å². The Morgan fingerprint density at radius 1 is 1.04 bits per heavy atom. The predicted molar refractivity (Wildman–Crippen MR) is 104 cm³/mol. The van der Waals surface area contributed by atoms with E-state index in [4.69, 9.17) is 4.74 Å². The zero-order valence-electron chi connectivity index (χ0n) is 15.2. The number of ether oxygens (including phenoxy) is 1. The van der Waals surface area contributed by atoms with Gasteiger partial charge in [0.25, 0.3) is 5.91 Å². The van der Waals surface area contributed by atoms with Crippen LogP contribution in [0.15, 0.2) is 66.9 Å². The molecule has 27 heavy (non-hydrogen) atoms. The van der Waals surface area contributed by atoms with Crippen molar-refractivity contribution >= 4 is 5.91 Å². The zero-order chi connectivity index (χ0) is 18.5. The van der Waals surface area contributed by atoms with Gasteiger partial charge in [0.15, 0.2) is 6.73 Å². The maximum absolute atomic E-state index is 12.1. The minimum Gasteiger partial charge on any atom is -0.471 e. The summed E-state index contributed by atoms with van der Waals surface area (Å²) in [5, 5.41) is 7.25. The van der Waals surface area contributed by atoms with Gasteiger partial charge in [0.2, 0.25) is 0 Å². The van der Waals surface area contributed by atoms with Gasteiger partial charge in [0, 0.05) is 12.7 Å². The Kier molecular flexibility index (Phi) is 5.19. The number of carbonyl (C=O) groups is 1. The molecule has 0 atom stereocenters. The van der Waals surface area contributed by atoms with Crippen LogP contribution in [0.1, 0.15) is 29.8 Å². The zero-order valence-corrected chi connectivity index (χ0v) is 15.2. The van der Waals surface area contributed by atoms with Gasteiger partial charge in [-0.3, -0.25) is 4.79 Å². The molecule has 1 fully saturated rings. The second kappa shape index (κ2) is 8.08. The van der Waals surface area contributed by atoms with Gasteiger partial charge in [0.05, 0.1) is 0 Å². The molecule has 5 nitrogen and oxygen atoms in total. The maximum Gasteiger partial charge on any atom is 0.271 e. The van der Waals surface area contributed by atoms with Crippen LogP contribution in [0.4, 0.5) is 0 Å². The Labute approximate surface area is 159 Å². The number of hydrogen-bond acceptors (Lipinski definition) is 3. The van der Waals surface area contributed by atoms with Crippen LogP contribution >= 0.6 is 0 Å². The second-order valence-corrected chi connectivity index (χ2v) is 6.91. The Hall–Kier alpha value is -3.08. The third kappa shape index (κ3) is 4.37. The van der Waals surface area contributed by atoms with E-state index in [2.05, 4.69) is 22.5 Å². The van der Waals surface area contributed by atoms with E-state index in [1.807, 2.05) is 42.5 Å². The Morgan fingerprint density at radius 3 is 2.48 bits per heavy atom. The summed E-state index contributed by atoms with van der Waals surface area (Å²) in [5.74, 6) is 1.28. The summed E-state index contributed by atoms with van der Waals surface area (Å²) in [4.78, 5) is 12.1. The van der Waals surface area contributed by atoms with Gasteiger partial charge in [-0.1, -0.05) is 48.9 Å². The molecule has 4 rings (SSSR count). The van der Waals surface area contributed by atoms with Gasteiger partial charge in [-0.25, -0.2) is 4.68 Å². The quantitative estimate of drug-likeness (QED) is 0.689. The molecule has 1 aliphatic rings. The Balaban J connectivity index is 1.30. The van der Waals surface area contributed by atoms with Crippen LogP contribution in [0.5, 0.6) is 5.75 Å². The average molecular weight is 361 g/mol. The summed E-state index contributed by atoms with van der Waals surface area (Å²) in [6.45, 7) is 1.01. The Bertz CT molecular complexity index is 883. The van der Waals surface area contributed by atoms with Crippen LogP contribution < -0.4 is 10.1 Å². The summed E-state index contributed by atoms with van der Waals surface area (Å²) >= 11 is 0. The van der Waals surface area contributed by atoms with E-state index >= 15 is 0 Å². The standard InChI is InChI=1S/C22H23N3O2/c26-22(23-15-17-5-4-6-17)21-13-14-25(24-21)16-27-20-11-9-19(10-12-20)18-7-2-1-3-8-18/h1-3,7-14,17H,4-6,15-16H2,(H,23,26). The van der Waals surface area contributed by atoms with Crippen molar-refractivity contribution in [3.63, 3.8) is 0 Å². The summed E-state index contributed by atoms with van der Waals surface area (Å²) in [6.07, 6.45) is 5.46. The molecule has 0 spiro atoms. The molecule has 1 aliphatic carbocycles. The number of aromatic nitrogens is 2. The molecule has 1 N–H and O–H groups in total. The van der Waals surface area contributed by atoms with Crippen molar-refractivity contribution in [3.05, 3.63) is 72.6 Å². The molecule has 0 bridgehead atoms. The normalized spacial score (nSPS) is 13.8. The highest BCUT2D eigenvalue weighted by atomic mass is 16.5. The number of nitrogens with zero attached hydrogens (tertiary/aromatic N) is 2. The molecule has 0 unspecified atom stereocenters. The van der Waals surface area contributed by atoms with Gasteiger partial charge in [-0.05, 0) is 48.1 Å². The molecule has 3 aromatic rings. The minimum atomic E-state index is -0.118. The van der Waals surface area contributed by atoms with Crippen LogP contribution in [0.2, 0.25) is 0 Å². The van der Waals surface area contributed by atoms with Crippen LogP contribution in [-0.2, 0) is 6.73 Å². The number of benzene rings is 2. The number of rotatable bonds is 7. The molecule has 0 saturated heterocycles. The number of hydrogen-bond donors (Lipinski definition) is 1. The fourth-order valence-electron chi connectivity index (χ4n) is 3.09. The van der Waals surface area contributed by atoms with Gasteiger partial charge >= 0.3 is 0 Å². The second-order valence-electron chi connectivity index (χ2n) is 6.91. The van der Waals surface area contributed by atoms with Gasteiger partial charge in [-0.15, -0.1) is 0 Å². The van der Waals surface area contributed by atoms with Crippen LogP contribution in [-0.4, -0.2) is 22.2 Å². The number of nitrogens with one attached hydrogen (secondary N) is 1. The topological polar surface area (TPSA) is 56.2 Å². The smallest absolute Gasteiger partial charge is 0.271 e. The number of carbonyl (C=O) groups excluding carboxylic acids is 1. The molecule has 2 aromatic carbocycles. The molecule has 5 heteroatoms.